The Kier molecular flexibility index (Phi) is 7.75. The Morgan fingerprint density at radius 1 is 1.07 bits per heavy atom. The molecule has 0 fully saturated rings. The number of benzene rings is 2. The van der Waals surface area contributed by atoms with Crippen molar-refractivity contribution in [3.8, 4) is 0 Å². The molecule has 1 atom stereocenters. The van der Waals surface area contributed by atoms with Gasteiger partial charge in [0.05, 0.1) is 10.6 Å². The Bertz CT molecular complexity index is 962. The SMILES string of the molecule is CC(=O)c1cccc(NC(=O)C(C)OC(=O)CNC(=O)c2ccc(Cl)cc2Cl)c1. The van der Waals surface area contributed by atoms with Gasteiger partial charge in [-0.25, -0.2) is 0 Å². The lowest BCUT2D eigenvalue weighted by Crippen LogP contribution is -2.36. The fourth-order valence-electron chi connectivity index (χ4n) is 2.27. The highest BCUT2D eigenvalue weighted by Crippen LogP contribution is 2.20. The van der Waals surface area contributed by atoms with Crippen molar-refractivity contribution in [3.63, 3.8) is 0 Å². The van der Waals surface area contributed by atoms with Crippen LogP contribution in [0.2, 0.25) is 10.0 Å². The Labute approximate surface area is 177 Å². The van der Waals surface area contributed by atoms with Crippen LogP contribution in [-0.2, 0) is 14.3 Å². The molecule has 7 nitrogen and oxygen atoms in total. The van der Waals surface area contributed by atoms with E-state index in [1.807, 2.05) is 0 Å². The van der Waals surface area contributed by atoms with E-state index >= 15 is 0 Å². The average molecular weight is 437 g/mol. The summed E-state index contributed by atoms with van der Waals surface area (Å²) in [5.41, 5.74) is 0.993. The number of carbonyl (C=O) groups excluding carboxylic acids is 4. The Hall–Kier alpha value is -2.90. The molecule has 29 heavy (non-hydrogen) atoms. The minimum absolute atomic E-state index is 0.142. The highest BCUT2D eigenvalue weighted by molar-refractivity contribution is 6.36. The van der Waals surface area contributed by atoms with Crippen LogP contribution in [0.5, 0.6) is 0 Å². The van der Waals surface area contributed by atoms with Crippen LogP contribution in [0.15, 0.2) is 42.5 Å². The fraction of sp³-hybridized carbons (Fsp3) is 0.200. The topological polar surface area (TPSA) is 102 Å². The lowest BCUT2D eigenvalue weighted by atomic mass is 10.1. The van der Waals surface area contributed by atoms with Gasteiger partial charge in [-0.1, -0.05) is 35.3 Å². The fourth-order valence-corrected chi connectivity index (χ4v) is 2.77. The molecule has 2 aromatic carbocycles. The van der Waals surface area contributed by atoms with Gasteiger partial charge < -0.3 is 15.4 Å². The van der Waals surface area contributed by atoms with Gasteiger partial charge in [0.15, 0.2) is 11.9 Å². The first-order chi connectivity index (χ1) is 13.7. The van der Waals surface area contributed by atoms with Crippen molar-refractivity contribution in [1.29, 1.82) is 0 Å². The number of hydrogen-bond donors (Lipinski definition) is 2. The quantitative estimate of drug-likeness (QED) is 0.510. The summed E-state index contributed by atoms with van der Waals surface area (Å²) >= 11 is 11.7. The van der Waals surface area contributed by atoms with Gasteiger partial charge in [0.1, 0.15) is 6.54 Å². The number of hydrogen-bond acceptors (Lipinski definition) is 5. The molecule has 0 aliphatic carbocycles. The van der Waals surface area contributed by atoms with E-state index in [9.17, 15) is 19.2 Å². The predicted octanol–water partition coefficient (Wildman–Crippen LogP) is 3.50. The molecule has 2 aromatic rings. The number of rotatable bonds is 7. The Balaban J connectivity index is 1.86. The largest absolute Gasteiger partial charge is 0.451 e. The van der Waals surface area contributed by atoms with Crippen molar-refractivity contribution in [2.45, 2.75) is 20.0 Å². The zero-order valence-electron chi connectivity index (χ0n) is 15.6. The minimum Gasteiger partial charge on any atom is -0.451 e. The van der Waals surface area contributed by atoms with E-state index in [2.05, 4.69) is 10.6 Å². The van der Waals surface area contributed by atoms with Crippen molar-refractivity contribution in [3.05, 3.63) is 63.6 Å². The second kappa shape index (κ2) is 10.0. The third-order valence-electron chi connectivity index (χ3n) is 3.78. The second-order valence-electron chi connectivity index (χ2n) is 6.07. The summed E-state index contributed by atoms with van der Waals surface area (Å²) < 4.78 is 5.01. The Morgan fingerprint density at radius 3 is 2.45 bits per heavy atom. The van der Waals surface area contributed by atoms with E-state index in [0.29, 0.717) is 16.3 Å². The van der Waals surface area contributed by atoms with E-state index in [4.69, 9.17) is 27.9 Å². The first-order valence-corrected chi connectivity index (χ1v) is 9.27. The summed E-state index contributed by atoms with van der Waals surface area (Å²) in [7, 11) is 0. The van der Waals surface area contributed by atoms with Crippen molar-refractivity contribution >= 4 is 52.5 Å². The van der Waals surface area contributed by atoms with Crippen LogP contribution in [0.1, 0.15) is 34.6 Å². The molecule has 0 saturated heterocycles. The maximum absolute atomic E-state index is 12.2. The Morgan fingerprint density at radius 2 is 1.79 bits per heavy atom. The monoisotopic (exact) mass is 436 g/mol. The van der Waals surface area contributed by atoms with Gasteiger partial charge in [-0.2, -0.15) is 0 Å². The summed E-state index contributed by atoms with van der Waals surface area (Å²) in [5, 5.41) is 5.44. The number of anilines is 1. The van der Waals surface area contributed by atoms with Crippen molar-refractivity contribution in [2.75, 3.05) is 11.9 Å². The highest BCUT2D eigenvalue weighted by atomic mass is 35.5. The standard InChI is InChI=1S/C20H18Cl2N2O5/c1-11(25)13-4-3-5-15(8-13)24-19(27)12(2)29-18(26)10-23-20(28)16-7-6-14(21)9-17(16)22/h3-9,12H,10H2,1-2H3,(H,23,28)(H,24,27). The van der Waals surface area contributed by atoms with Crippen LogP contribution in [-0.4, -0.2) is 36.2 Å². The van der Waals surface area contributed by atoms with Crippen LogP contribution in [0.3, 0.4) is 0 Å². The second-order valence-corrected chi connectivity index (χ2v) is 6.91. The van der Waals surface area contributed by atoms with E-state index in [1.54, 1.807) is 18.2 Å². The summed E-state index contributed by atoms with van der Waals surface area (Å²) in [4.78, 5) is 47.6. The zero-order valence-corrected chi connectivity index (χ0v) is 17.1. The van der Waals surface area contributed by atoms with Crippen molar-refractivity contribution in [2.24, 2.45) is 0 Å². The van der Waals surface area contributed by atoms with Gasteiger partial charge in [0.2, 0.25) is 0 Å². The lowest BCUT2D eigenvalue weighted by molar-refractivity contribution is -0.152. The zero-order chi connectivity index (χ0) is 21.6. The summed E-state index contributed by atoms with van der Waals surface area (Å²) in [6, 6.07) is 10.7. The van der Waals surface area contributed by atoms with Crippen LogP contribution in [0.4, 0.5) is 5.69 Å². The van der Waals surface area contributed by atoms with Crippen molar-refractivity contribution < 1.29 is 23.9 Å². The van der Waals surface area contributed by atoms with Crippen LogP contribution in [0.25, 0.3) is 0 Å². The molecular formula is C20H18Cl2N2O5. The smallest absolute Gasteiger partial charge is 0.326 e. The van der Waals surface area contributed by atoms with E-state index in [-0.39, 0.29) is 16.4 Å². The number of esters is 1. The first-order valence-electron chi connectivity index (χ1n) is 8.52. The number of carbonyl (C=O) groups is 4. The number of ether oxygens (including phenoxy) is 1. The molecule has 2 amide bonds. The number of Topliss-reactive ketones (excluding diaryl/α,β-unsaturated/α-hetero) is 1. The molecule has 0 heterocycles. The average Bonchev–Trinajstić information content (AvgIpc) is 2.66. The molecule has 152 valence electrons. The normalized spacial score (nSPS) is 11.3. The molecule has 0 saturated carbocycles. The van der Waals surface area contributed by atoms with Gasteiger partial charge in [0, 0.05) is 16.3 Å². The van der Waals surface area contributed by atoms with Crippen LogP contribution >= 0.6 is 23.2 Å². The number of nitrogens with one attached hydrogen (secondary N) is 2. The summed E-state index contributed by atoms with van der Waals surface area (Å²) in [5.74, 6) is -2.10. The molecule has 2 N–H and O–H groups in total. The molecule has 1 unspecified atom stereocenters. The van der Waals surface area contributed by atoms with Gasteiger partial charge in [-0.3, -0.25) is 19.2 Å². The van der Waals surface area contributed by atoms with Gasteiger partial charge >= 0.3 is 5.97 Å². The first kappa shape index (κ1) is 22.4. The van der Waals surface area contributed by atoms with Crippen LogP contribution < -0.4 is 10.6 Å². The number of amides is 2. The molecule has 0 aliphatic heterocycles. The van der Waals surface area contributed by atoms with Gasteiger partial charge in [0.25, 0.3) is 11.8 Å². The third-order valence-corrected chi connectivity index (χ3v) is 4.33. The van der Waals surface area contributed by atoms with Crippen LogP contribution in [0, 0.1) is 0 Å². The maximum atomic E-state index is 12.2. The molecule has 2 rings (SSSR count). The van der Waals surface area contributed by atoms with Crippen molar-refractivity contribution in [1.82, 2.24) is 5.32 Å². The van der Waals surface area contributed by atoms with E-state index in [0.717, 1.165) is 0 Å². The molecule has 9 heteroatoms. The van der Waals surface area contributed by atoms with Gasteiger partial charge in [-0.05, 0) is 44.2 Å². The third kappa shape index (κ3) is 6.58. The molecule has 0 aliphatic rings. The minimum atomic E-state index is -1.11. The molecule has 0 spiro atoms. The van der Waals surface area contributed by atoms with E-state index < -0.39 is 30.4 Å². The maximum Gasteiger partial charge on any atom is 0.326 e. The summed E-state index contributed by atoms with van der Waals surface area (Å²) in [6.07, 6.45) is -1.11. The molecular weight excluding hydrogens is 419 g/mol. The molecule has 0 aromatic heterocycles. The highest BCUT2D eigenvalue weighted by Gasteiger charge is 2.19. The summed E-state index contributed by atoms with van der Waals surface area (Å²) in [6.45, 7) is 2.35. The molecule has 0 bridgehead atoms. The predicted molar refractivity (Wildman–Crippen MR) is 109 cm³/mol. The number of ketones is 1. The number of halogens is 2. The van der Waals surface area contributed by atoms with Gasteiger partial charge in [-0.15, -0.1) is 0 Å². The molecule has 0 radical (unpaired) electrons. The van der Waals surface area contributed by atoms with E-state index in [1.165, 1.54) is 38.1 Å². The lowest BCUT2D eigenvalue weighted by Gasteiger charge is -2.14.